The fraction of sp³-hybridized carbons (Fsp3) is 0.222. The Morgan fingerprint density at radius 3 is 2.44 bits per heavy atom. The first-order valence-corrected chi connectivity index (χ1v) is 11.4. The van der Waals surface area contributed by atoms with Gasteiger partial charge in [0.1, 0.15) is 0 Å². The van der Waals surface area contributed by atoms with Crippen LogP contribution in [0.2, 0.25) is 0 Å². The van der Waals surface area contributed by atoms with Gasteiger partial charge in [0.15, 0.2) is 19.7 Å². The zero-order valence-corrected chi connectivity index (χ0v) is 15.8. The number of rotatable bonds is 4. The van der Waals surface area contributed by atoms with Gasteiger partial charge in [-0.25, -0.2) is 16.8 Å². The fourth-order valence-corrected chi connectivity index (χ4v) is 7.22. The van der Waals surface area contributed by atoms with Gasteiger partial charge >= 0.3 is 0 Å². The van der Waals surface area contributed by atoms with Gasteiger partial charge in [0, 0.05) is 11.3 Å². The summed E-state index contributed by atoms with van der Waals surface area (Å²) in [6.07, 6.45) is 0.0855. The highest BCUT2D eigenvalue weighted by molar-refractivity contribution is 7.96. The number of benzene rings is 2. The maximum absolute atomic E-state index is 12.6. The third-order valence-corrected chi connectivity index (χ3v) is 8.51. The number of carbonyl (C=O) groups excluding carboxylic acids is 1. The summed E-state index contributed by atoms with van der Waals surface area (Å²) in [5.74, 6) is -0.941. The summed E-state index contributed by atoms with van der Waals surface area (Å²) in [5.41, 5.74) is 1.10. The number of nitrogens with one attached hydrogen (secondary N) is 1. The van der Waals surface area contributed by atoms with Crippen LogP contribution >= 0.6 is 0 Å². The van der Waals surface area contributed by atoms with Gasteiger partial charge in [0.25, 0.3) is 5.91 Å². The van der Waals surface area contributed by atoms with E-state index in [0.717, 1.165) is 0 Å². The summed E-state index contributed by atoms with van der Waals surface area (Å²) in [5, 5.41) is 10.6. The molecule has 1 aliphatic rings. The molecular formula is C18H16N2O5S2. The fourth-order valence-electron chi connectivity index (χ4n) is 2.86. The van der Waals surface area contributed by atoms with Gasteiger partial charge in [-0.3, -0.25) is 4.79 Å². The molecule has 1 unspecified atom stereocenters. The summed E-state index contributed by atoms with van der Waals surface area (Å²) < 4.78 is 48.2. The Balaban J connectivity index is 1.77. The zero-order valence-electron chi connectivity index (χ0n) is 14.1. The number of anilines is 1. The molecule has 2 aromatic rings. The van der Waals surface area contributed by atoms with Gasteiger partial charge in [-0.15, -0.1) is 0 Å². The van der Waals surface area contributed by atoms with Crippen LogP contribution in [0.4, 0.5) is 5.69 Å². The number of carbonyl (C=O) groups is 1. The van der Waals surface area contributed by atoms with Crippen molar-refractivity contribution in [3.8, 4) is 6.07 Å². The standard InChI is InChI=1S/C18H16N2O5S2/c19-11-13-2-1-3-15(10-13)20-18(21)14-4-6-16(7-5-14)27(24,25)17-8-9-26(22,23)12-17/h1-7,10,17H,8-9,12H2,(H,20,21). The van der Waals surface area contributed by atoms with Crippen molar-refractivity contribution in [1.82, 2.24) is 0 Å². The van der Waals surface area contributed by atoms with E-state index in [0.29, 0.717) is 11.3 Å². The highest BCUT2D eigenvalue weighted by Crippen LogP contribution is 2.25. The quantitative estimate of drug-likeness (QED) is 0.829. The minimum Gasteiger partial charge on any atom is -0.322 e. The van der Waals surface area contributed by atoms with E-state index in [9.17, 15) is 21.6 Å². The highest BCUT2D eigenvalue weighted by atomic mass is 32.2. The molecule has 140 valence electrons. The minimum absolute atomic E-state index is 0.00683. The molecule has 2 aromatic carbocycles. The number of nitriles is 1. The second-order valence-corrected chi connectivity index (χ2v) is 10.7. The molecule has 0 saturated carbocycles. The first kappa shape index (κ1) is 19.1. The van der Waals surface area contributed by atoms with Gasteiger partial charge in [0.2, 0.25) is 0 Å². The number of hydrogen-bond donors (Lipinski definition) is 1. The molecule has 1 amide bonds. The molecule has 0 aliphatic carbocycles. The van der Waals surface area contributed by atoms with Crippen LogP contribution < -0.4 is 5.32 Å². The van der Waals surface area contributed by atoms with E-state index >= 15 is 0 Å². The van der Waals surface area contributed by atoms with Crippen molar-refractivity contribution in [2.45, 2.75) is 16.6 Å². The Bertz CT molecular complexity index is 1130. The van der Waals surface area contributed by atoms with Crippen LogP contribution in [-0.2, 0) is 19.7 Å². The van der Waals surface area contributed by atoms with E-state index in [2.05, 4.69) is 5.32 Å². The smallest absolute Gasteiger partial charge is 0.255 e. The molecule has 0 radical (unpaired) electrons. The highest BCUT2D eigenvalue weighted by Gasteiger charge is 2.37. The third-order valence-electron chi connectivity index (χ3n) is 4.32. The van der Waals surface area contributed by atoms with E-state index in [1.807, 2.05) is 6.07 Å². The monoisotopic (exact) mass is 404 g/mol. The molecule has 7 nitrogen and oxygen atoms in total. The molecular weight excluding hydrogens is 388 g/mol. The van der Waals surface area contributed by atoms with Crippen molar-refractivity contribution in [3.05, 3.63) is 59.7 Å². The maximum Gasteiger partial charge on any atom is 0.255 e. The summed E-state index contributed by atoms with van der Waals surface area (Å²) in [6.45, 7) is 0. The third kappa shape index (κ3) is 4.18. The predicted molar refractivity (Wildman–Crippen MR) is 99.8 cm³/mol. The summed E-state index contributed by atoms with van der Waals surface area (Å²) in [7, 11) is -7.08. The van der Waals surface area contributed by atoms with Crippen LogP contribution in [0.1, 0.15) is 22.3 Å². The van der Waals surface area contributed by atoms with Gasteiger partial charge in [-0.2, -0.15) is 5.26 Å². The Morgan fingerprint density at radius 1 is 1.15 bits per heavy atom. The molecule has 1 N–H and O–H groups in total. The molecule has 1 heterocycles. The average molecular weight is 404 g/mol. The van der Waals surface area contributed by atoms with Crippen molar-refractivity contribution >= 4 is 31.3 Å². The second kappa shape index (κ2) is 7.13. The Hall–Kier alpha value is -2.70. The number of hydrogen-bond acceptors (Lipinski definition) is 6. The van der Waals surface area contributed by atoms with Crippen molar-refractivity contribution in [3.63, 3.8) is 0 Å². The SMILES string of the molecule is N#Cc1cccc(NC(=O)c2ccc(S(=O)(=O)C3CCS(=O)(=O)C3)cc2)c1. The lowest BCUT2D eigenvalue weighted by Gasteiger charge is -2.11. The molecule has 0 bridgehead atoms. The lowest BCUT2D eigenvalue weighted by atomic mass is 10.2. The molecule has 27 heavy (non-hydrogen) atoms. The van der Waals surface area contributed by atoms with E-state index in [-0.39, 0.29) is 28.4 Å². The number of nitrogens with zero attached hydrogens (tertiary/aromatic N) is 1. The van der Waals surface area contributed by atoms with Crippen LogP contribution in [0.3, 0.4) is 0 Å². The molecule has 1 saturated heterocycles. The normalized spacial score (nSPS) is 18.6. The molecule has 1 fully saturated rings. The van der Waals surface area contributed by atoms with Gasteiger partial charge in [0.05, 0.1) is 33.3 Å². The predicted octanol–water partition coefficient (Wildman–Crippen LogP) is 1.77. The Labute approximate surface area is 157 Å². The molecule has 9 heteroatoms. The lowest BCUT2D eigenvalue weighted by molar-refractivity contribution is 0.102. The van der Waals surface area contributed by atoms with E-state index in [1.165, 1.54) is 30.3 Å². The number of amides is 1. The average Bonchev–Trinajstić information content (AvgIpc) is 3.02. The van der Waals surface area contributed by atoms with Gasteiger partial charge in [-0.05, 0) is 48.9 Å². The van der Waals surface area contributed by atoms with Crippen molar-refractivity contribution < 1.29 is 21.6 Å². The maximum atomic E-state index is 12.6. The molecule has 3 rings (SSSR count). The zero-order chi connectivity index (χ0) is 19.7. The summed E-state index contributed by atoms with van der Waals surface area (Å²) >= 11 is 0. The Morgan fingerprint density at radius 2 is 1.85 bits per heavy atom. The van der Waals surface area contributed by atoms with E-state index in [1.54, 1.807) is 18.2 Å². The van der Waals surface area contributed by atoms with E-state index < -0.39 is 30.8 Å². The van der Waals surface area contributed by atoms with Crippen LogP contribution in [0.15, 0.2) is 53.4 Å². The first-order valence-electron chi connectivity index (χ1n) is 8.07. The summed E-state index contributed by atoms with van der Waals surface area (Å²) in [4.78, 5) is 12.3. The lowest BCUT2D eigenvalue weighted by Crippen LogP contribution is -2.22. The van der Waals surface area contributed by atoms with E-state index in [4.69, 9.17) is 5.26 Å². The summed E-state index contributed by atoms with van der Waals surface area (Å²) in [6, 6.07) is 13.7. The van der Waals surface area contributed by atoms with Crippen LogP contribution in [0.5, 0.6) is 0 Å². The van der Waals surface area contributed by atoms with Crippen molar-refractivity contribution in [2.75, 3.05) is 16.8 Å². The van der Waals surface area contributed by atoms with Crippen LogP contribution in [0.25, 0.3) is 0 Å². The molecule has 0 spiro atoms. The van der Waals surface area contributed by atoms with Crippen LogP contribution in [-0.4, -0.2) is 39.5 Å². The largest absolute Gasteiger partial charge is 0.322 e. The van der Waals surface area contributed by atoms with Crippen LogP contribution in [0, 0.1) is 11.3 Å². The second-order valence-electron chi connectivity index (χ2n) is 6.24. The van der Waals surface area contributed by atoms with Gasteiger partial charge < -0.3 is 5.32 Å². The molecule has 0 aromatic heterocycles. The van der Waals surface area contributed by atoms with Crippen molar-refractivity contribution in [1.29, 1.82) is 5.26 Å². The van der Waals surface area contributed by atoms with Gasteiger partial charge in [-0.1, -0.05) is 6.07 Å². The number of sulfone groups is 2. The van der Waals surface area contributed by atoms with Crippen molar-refractivity contribution in [2.24, 2.45) is 0 Å². The topological polar surface area (TPSA) is 121 Å². The first-order chi connectivity index (χ1) is 12.7. The Kier molecular flexibility index (Phi) is 5.04. The molecule has 1 aliphatic heterocycles. The minimum atomic E-state index is -3.77. The molecule has 1 atom stereocenters.